The van der Waals surface area contributed by atoms with Gasteiger partial charge in [0, 0.05) is 23.9 Å². The maximum atomic E-state index is 12.4. The normalized spacial score (nSPS) is 12.4. The average molecular weight is 429 g/mol. The van der Waals surface area contributed by atoms with Crippen molar-refractivity contribution in [2.45, 2.75) is 38.0 Å². The molecule has 7 nitrogen and oxygen atoms in total. The number of carbonyl (C=O) groups is 1. The molecule has 3 rings (SSSR count). The van der Waals surface area contributed by atoms with Gasteiger partial charge in [-0.2, -0.15) is 0 Å². The van der Waals surface area contributed by atoms with Crippen molar-refractivity contribution in [3.8, 4) is 11.5 Å². The standard InChI is InChI=1S/C22H24N2O5S/c1-14(22-15(2)24-29-16(22)3)13-21(25)23-17-5-7-18(8-6-17)28-19-9-11-20(12-10-19)30(4,26)27/h5-12,14H,13H2,1-4H3,(H,23,25). The zero-order valence-electron chi connectivity index (χ0n) is 17.3. The summed E-state index contributed by atoms with van der Waals surface area (Å²) in [7, 11) is -3.24. The number of sulfone groups is 1. The molecule has 0 saturated heterocycles. The second-order valence-corrected chi connectivity index (χ2v) is 9.28. The molecule has 158 valence electrons. The van der Waals surface area contributed by atoms with Gasteiger partial charge in [-0.1, -0.05) is 12.1 Å². The lowest BCUT2D eigenvalue weighted by Crippen LogP contribution is -2.14. The summed E-state index contributed by atoms with van der Waals surface area (Å²) in [6.07, 6.45) is 1.47. The molecule has 0 saturated carbocycles. The van der Waals surface area contributed by atoms with Crippen LogP contribution in [0.2, 0.25) is 0 Å². The molecule has 0 bridgehead atoms. The fourth-order valence-electron chi connectivity index (χ4n) is 3.28. The van der Waals surface area contributed by atoms with Crippen LogP contribution in [0.15, 0.2) is 57.9 Å². The summed E-state index contributed by atoms with van der Waals surface area (Å²) >= 11 is 0. The van der Waals surface area contributed by atoms with Crippen molar-refractivity contribution in [3.05, 3.63) is 65.5 Å². The van der Waals surface area contributed by atoms with Gasteiger partial charge in [0.15, 0.2) is 9.84 Å². The maximum Gasteiger partial charge on any atom is 0.224 e. The largest absolute Gasteiger partial charge is 0.457 e. The molecule has 0 aliphatic carbocycles. The van der Waals surface area contributed by atoms with E-state index in [1.54, 1.807) is 36.4 Å². The van der Waals surface area contributed by atoms with Gasteiger partial charge in [-0.3, -0.25) is 4.79 Å². The SMILES string of the molecule is Cc1noc(C)c1C(C)CC(=O)Nc1ccc(Oc2ccc(S(C)(=O)=O)cc2)cc1. The fraction of sp³-hybridized carbons (Fsp3) is 0.273. The minimum atomic E-state index is -3.24. The molecule has 2 aromatic carbocycles. The summed E-state index contributed by atoms with van der Waals surface area (Å²) in [6, 6.07) is 13.2. The van der Waals surface area contributed by atoms with Crippen LogP contribution in [0.1, 0.15) is 36.3 Å². The topological polar surface area (TPSA) is 98.5 Å². The monoisotopic (exact) mass is 428 g/mol. The van der Waals surface area contributed by atoms with Crippen LogP contribution in [-0.4, -0.2) is 25.7 Å². The van der Waals surface area contributed by atoms with Gasteiger partial charge in [0.05, 0.1) is 10.6 Å². The lowest BCUT2D eigenvalue weighted by Gasteiger charge is -2.12. The predicted molar refractivity (Wildman–Crippen MR) is 114 cm³/mol. The van der Waals surface area contributed by atoms with Crippen LogP contribution in [0.4, 0.5) is 5.69 Å². The van der Waals surface area contributed by atoms with Crippen molar-refractivity contribution in [1.82, 2.24) is 5.16 Å². The maximum absolute atomic E-state index is 12.4. The lowest BCUT2D eigenvalue weighted by atomic mass is 9.96. The van der Waals surface area contributed by atoms with E-state index in [0.29, 0.717) is 23.6 Å². The van der Waals surface area contributed by atoms with Crippen LogP contribution in [0.5, 0.6) is 11.5 Å². The van der Waals surface area contributed by atoms with Gasteiger partial charge in [0.2, 0.25) is 5.91 Å². The van der Waals surface area contributed by atoms with E-state index in [4.69, 9.17) is 9.26 Å². The molecule has 0 aliphatic rings. The average Bonchev–Trinajstić information content (AvgIpc) is 3.01. The van der Waals surface area contributed by atoms with Gasteiger partial charge < -0.3 is 14.6 Å². The van der Waals surface area contributed by atoms with Crippen molar-refractivity contribution in [2.24, 2.45) is 0 Å². The molecule has 1 amide bonds. The van der Waals surface area contributed by atoms with Crippen LogP contribution >= 0.6 is 0 Å². The van der Waals surface area contributed by atoms with Crippen molar-refractivity contribution in [2.75, 3.05) is 11.6 Å². The Morgan fingerprint density at radius 3 is 2.13 bits per heavy atom. The Labute approximate surface area is 176 Å². The highest BCUT2D eigenvalue weighted by atomic mass is 32.2. The molecular formula is C22H24N2O5S. The lowest BCUT2D eigenvalue weighted by molar-refractivity contribution is -0.116. The Kier molecular flexibility index (Phi) is 6.26. The van der Waals surface area contributed by atoms with Crippen molar-refractivity contribution >= 4 is 21.4 Å². The minimum absolute atomic E-state index is 0.00577. The molecule has 1 unspecified atom stereocenters. The molecule has 0 fully saturated rings. The fourth-order valence-corrected chi connectivity index (χ4v) is 3.91. The quantitative estimate of drug-likeness (QED) is 0.590. The Hall–Kier alpha value is -3.13. The summed E-state index contributed by atoms with van der Waals surface area (Å²) < 4.78 is 33.9. The molecule has 3 aromatic rings. The number of hydrogen-bond donors (Lipinski definition) is 1. The summed E-state index contributed by atoms with van der Waals surface area (Å²) in [5.74, 6) is 1.72. The highest BCUT2D eigenvalue weighted by Gasteiger charge is 2.19. The first kappa shape index (κ1) is 21.6. The third kappa shape index (κ3) is 5.27. The predicted octanol–water partition coefficient (Wildman–Crippen LogP) is 4.62. The van der Waals surface area contributed by atoms with Crippen LogP contribution in [-0.2, 0) is 14.6 Å². The van der Waals surface area contributed by atoms with Gasteiger partial charge in [-0.25, -0.2) is 8.42 Å². The number of hydrogen-bond acceptors (Lipinski definition) is 6. The number of benzene rings is 2. The molecule has 1 atom stereocenters. The van der Waals surface area contributed by atoms with E-state index in [-0.39, 0.29) is 16.7 Å². The number of carbonyl (C=O) groups excluding carboxylic acids is 1. The van der Waals surface area contributed by atoms with E-state index in [1.807, 2.05) is 20.8 Å². The van der Waals surface area contributed by atoms with Gasteiger partial charge in [0.1, 0.15) is 17.3 Å². The van der Waals surface area contributed by atoms with Crippen LogP contribution in [0, 0.1) is 13.8 Å². The highest BCUT2D eigenvalue weighted by Crippen LogP contribution is 2.27. The number of anilines is 1. The number of aromatic nitrogens is 1. The Morgan fingerprint density at radius 1 is 1.07 bits per heavy atom. The Bertz CT molecular complexity index is 1110. The number of nitrogens with zero attached hydrogens (tertiary/aromatic N) is 1. The number of amides is 1. The molecule has 1 aromatic heterocycles. The first-order valence-electron chi connectivity index (χ1n) is 9.44. The Morgan fingerprint density at radius 2 is 1.63 bits per heavy atom. The number of aryl methyl sites for hydroxylation is 2. The summed E-state index contributed by atoms with van der Waals surface area (Å²) in [5.41, 5.74) is 2.43. The van der Waals surface area contributed by atoms with Gasteiger partial charge in [-0.15, -0.1) is 0 Å². The van der Waals surface area contributed by atoms with E-state index in [2.05, 4.69) is 10.5 Å². The van der Waals surface area contributed by atoms with Crippen LogP contribution in [0.25, 0.3) is 0 Å². The molecular weight excluding hydrogens is 404 g/mol. The van der Waals surface area contributed by atoms with E-state index in [0.717, 1.165) is 23.3 Å². The first-order chi connectivity index (χ1) is 14.1. The van der Waals surface area contributed by atoms with Crippen molar-refractivity contribution in [3.63, 3.8) is 0 Å². The van der Waals surface area contributed by atoms with Crippen molar-refractivity contribution in [1.29, 1.82) is 0 Å². The van der Waals surface area contributed by atoms with E-state index < -0.39 is 9.84 Å². The van der Waals surface area contributed by atoms with Crippen LogP contribution < -0.4 is 10.1 Å². The molecule has 0 aliphatic heterocycles. The van der Waals surface area contributed by atoms with Crippen LogP contribution in [0.3, 0.4) is 0 Å². The van der Waals surface area contributed by atoms with Crippen molar-refractivity contribution < 1.29 is 22.5 Å². The molecule has 0 radical (unpaired) electrons. The number of ether oxygens (including phenoxy) is 1. The summed E-state index contributed by atoms with van der Waals surface area (Å²) in [6.45, 7) is 5.68. The minimum Gasteiger partial charge on any atom is -0.457 e. The molecule has 8 heteroatoms. The summed E-state index contributed by atoms with van der Waals surface area (Å²) in [5, 5.41) is 6.82. The van der Waals surface area contributed by atoms with E-state index in [1.165, 1.54) is 12.1 Å². The molecule has 1 N–H and O–H groups in total. The highest BCUT2D eigenvalue weighted by molar-refractivity contribution is 7.90. The van der Waals surface area contributed by atoms with Gasteiger partial charge in [-0.05, 0) is 68.3 Å². The van der Waals surface area contributed by atoms with Gasteiger partial charge in [0.25, 0.3) is 0 Å². The summed E-state index contributed by atoms with van der Waals surface area (Å²) in [4.78, 5) is 12.6. The molecule has 30 heavy (non-hydrogen) atoms. The zero-order valence-corrected chi connectivity index (χ0v) is 18.1. The first-order valence-corrected chi connectivity index (χ1v) is 11.3. The number of nitrogens with one attached hydrogen (secondary N) is 1. The second kappa shape index (κ2) is 8.71. The third-order valence-corrected chi connectivity index (χ3v) is 5.83. The molecule has 0 spiro atoms. The smallest absolute Gasteiger partial charge is 0.224 e. The number of rotatable bonds is 7. The molecule has 1 heterocycles. The third-order valence-electron chi connectivity index (χ3n) is 4.70. The van der Waals surface area contributed by atoms with E-state index >= 15 is 0 Å². The van der Waals surface area contributed by atoms with Gasteiger partial charge >= 0.3 is 0 Å². The van der Waals surface area contributed by atoms with E-state index in [9.17, 15) is 13.2 Å². The second-order valence-electron chi connectivity index (χ2n) is 7.26. The zero-order chi connectivity index (χ0) is 21.9. The Balaban J connectivity index is 1.58.